The lowest BCUT2D eigenvalue weighted by molar-refractivity contribution is -0.126. The summed E-state index contributed by atoms with van der Waals surface area (Å²) in [6.07, 6.45) is 6.55. The van der Waals surface area contributed by atoms with Crippen LogP contribution >= 0.6 is 0 Å². The van der Waals surface area contributed by atoms with E-state index in [9.17, 15) is 9.59 Å². The van der Waals surface area contributed by atoms with Crippen molar-refractivity contribution < 1.29 is 9.59 Å². The number of benzene rings is 1. The van der Waals surface area contributed by atoms with Crippen LogP contribution in [0.25, 0.3) is 0 Å². The van der Waals surface area contributed by atoms with Crippen LogP contribution in [0, 0.1) is 5.92 Å². The van der Waals surface area contributed by atoms with Gasteiger partial charge in [0.1, 0.15) is 0 Å². The Labute approximate surface area is 156 Å². The fourth-order valence-electron chi connectivity index (χ4n) is 4.15. The van der Waals surface area contributed by atoms with E-state index in [0.717, 1.165) is 32.4 Å². The molecule has 5 heteroatoms. The highest BCUT2D eigenvalue weighted by molar-refractivity contribution is 5.79. The SMILES string of the molecule is CNC(=O)C1CCN(CC(=O)NC(C)c2ccc3c(c2)CCCC3)CC1. The molecule has 3 rings (SSSR count). The maximum Gasteiger partial charge on any atom is 0.234 e. The van der Waals surface area contributed by atoms with Crippen LogP contribution in [-0.4, -0.2) is 43.4 Å². The molecule has 0 radical (unpaired) electrons. The van der Waals surface area contributed by atoms with Crippen LogP contribution in [0.4, 0.5) is 0 Å². The molecule has 1 fully saturated rings. The molecule has 5 nitrogen and oxygen atoms in total. The maximum absolute atomic E-state index is 12.4. The molecule has 1 aliphatic heterocycles. The van der Waals surface area contributed by atoms with Crippen molar-refractivity contribution in [3.8, 4) is 0 Å². The van der Waals surface area contributed by atoms with Crippen molar-refractivity contribution in [3.63, 3.8) is 0 Å². The minimum Gasteiger partial charge on any atom is -0.359 e. The van der Waals surface area contributed by atoms with E-state index < -0.39 is 0 Å². The van der Waals surface area contributed by atoms with Crippen molar-refractivity contribution in [1.29, 1.82) is 0 Å². The number of fused-ring (bicyclic) bond motifs is 1. The Hall–Kier alpha value is -1.88. The highest BCUT2D eigenvalue weighted by atomic mass is 16.2. The fraction of sp³-hybridized carbons (Fsp3) is 0.619. The third kappa shape index (κ3) is 4.64. The number of hydrogen-bond donors (Lipinski definition) is 2. The van der Waals surface area contributed by atoms with Crippen molar-refractivity contribution in [2.45, 2.75) is 51.5 Å². The van der Waals surface area contributed by atoms with Crippen molar-refractivity contribution in [2.24, 2.45) is 5.92 Å². The summed E-state index contributed by atoms with van der Waals surface area (Å²) in [5, 5.41) is 5.85. The van der Waals surface area contributed by atoms with E-state index in [2.05, 4.69) is 40.7 Å². The molecule has 2 N–H and O–H groups in total. The van der Waals surface area contributed by atoms with Gasteiger partial charge in [-0.3, -0.25) is 14.5 Å². The number of aryl methyl sites for hydroxylation is 2. The first-order valence-corrected chi connectivity index (χ1v) is 9.92. The van der Waals surface area contributed by atoms with Crippen LogP contribution < -0.4 is 10.6 Å². The number of amides is 2. The second-order valence-electron chi connectivity index (χ2n) is 7.69. The van der Waals surface area contributed by atoms with Gasteiger partial charge in [0.05, 0.1) is 12.6 Å². The Morgan fingerprint density at radius 2 is 1.85 bits per heavy atom. The fourth-order valence-corrected chi connectivity index (χ4v) is 4.15. The van der Waals surface area contributed by atoms with Gasteiger partial charge in [-0.25, -0.2) is 0 Å². The van der Waals surface area contributed by atoms with Crippen molar-refractivity contribution in [1.82, 2.24) is 15.5 Å². The predicted molar refractivity (Wildman–Crippen MR) is 103 cm³/mol. The van der Waals surface area contributed by atoms with Gasteiger partial charge in [0.15, 0.2) is 0 Å². The van der Waals surface area contributed by atoms with Crippen molar-refractivity contribution >= 4 is 11.8 Å². The summed E-state index contributed by atoms with van der Waals surface area (Å²) in [5.74, 6) is 0.275. The summed E-state index contributed by atoms with van der Waals surface area (Å²) in [5.41, 5.74) is 4.11. The molecule has 1 saturated heterocycles. The van der Waals surface area contributed by atoms with Crippen LogP contribution in [0.1, 0.15) is 55.3 Å². The third-order valence-corrected chi connectivity index (χ3v) is 5.82. The molecule has 1 aliphatic carbocycles. The summed E-state index contributed by atoms with van der Waals surface area (Å²) in [6.45, 7) is 4.08. The first kappa shape index (κ1) is 18.9. The number of nitrogens with one attached hydrogen (secondary N) is 2. The molecule has 0 bridgehead atoms. The second kappa shape index (κ2) is 8.67. The summed E-state index contributed by atoms with van der Waals surface area (Å²) >= 11 is 0. The third-order valence-electron chi connectivity index (χ3n) is 5.82. The van der Waals surface area contributed by atoms with Gasteiger partial charge in [-0.05, 0) is 75.2 Å². The van der Waals surface area contributed by atoms with Crippen LogP contribution in [-0.2, 0) is 22.4 Å². The highest BCUT2D eigenvalue weighted by Crippen LogP contribution is 2.25. The molecule has 2 aliphatic rings. The molecule has 26 heavy (non-hydrogen) atoms. The number of likely N-dealkylation sites (tertiary alicyclic amines) is 1. The smallest absolute Gasteiger partial charge is 0.234 e. The molecular formula is C21H31N3O2. The van der Waals surface area contributed by atoms with E-state index in [4.69, 9.17) is 0 Å². The Balaban J connectivity index is 1.48. The number of rotatable bonds is 5. The van der Waals surface area contributed by atoms with Crippen LogP contribution in [0.5, 0.6) is 0 Å². The second-order valence-corrected chi connectivity index (χ2v) is 7.69. The van der Waals surface area contributed by atoms with Gasteiger partial charge < -0.3 is 10.6 Å². The lowest BCUT2D eigenvalue weighted by Crippen LogP contribution is -2.44. The summed E-state index contributed by atoms with van der Waals surface area (Å²) in [7, 11) is 1.68. The lowest BCUT2D eigenvalue weighted by Gasteiger charge is -2.30. The van der Waals surface area contributed by atoms with E-state index in [0.29, 0.717) is 6.54 Å². The van der Waals surface area contributed by atoms with Crippen LogP contribution in [0.15, 0.2) is 18.2 Å². The Bertz CT molecular complexity index is 651. The number of piperidine rings is 1. The quantitative estimate of drug-likeness (QED) is 0.849. The van der Waals surface area contributed by atoms with Gasteiger partial charge >= 0.3 is 0 Å². The van der Waals surface area contributed by atoms with Gasteiger partial charge in [0.2, 0.25) is 11.8 Å². The largest absolute Gasteiger partial charge is 0.359 e. The van der Waals surface area contributed by atoms with E-state index in [1.54, 1.807) is 7.05 Å². The average molecular weight is 357 g/mol. The van der Waals surface area contributed by atoms with Crippen molar-refractivity contribution in [3.05, 3.63) is 34.9 Å². The summed E-state index contributed by atoms with van der Waals surface area (Å²) in [4.78, 5) is 26.3. The average Bonchev–Trinajstić information content (AvgIpc) is 2.67. The summed E-state index contributed by atoms with van der Waals surface area (Å²) in [6, 6.07) is 6.69. The minimum atomic E-state index is 0.0261. The first-order valence-electron chi connectivity index (χ1n) is 9.92. The first-order chi connectivity index (χ1) is 12.6. The Morgan fingerprint density at radius 3 is 2.54 bits per heavy atom. The molecule has 1 unspecified atom stereocenters. The monoisotopic (exact) mass is 357 g/mol. The summed E-state index contributed by atoms with van der Waals surface area (Å²) < 4.78 is 0. The molecule has 1 atom stereocenters. The van der Waals surface area contributed by atoms with Gasteiger partial charge in [0.25, 0.3) is 0 Å². The molecule has 1 heterocycles. The molecule has 0 saturated carbocycles. The molecule has 1 aromatic rings. The van der Waals surface area contributed by atoms with Gasteiger partial charge in [-0.1, -0.05) is 18.2 Å². The molecule has 0 aromatic heterocycles. The van der Waals surface area contributed by atoms with Gasteiger partial charge in [-0.15, -0.1) is 0 Å². The number of carbonyl (C=O) groups excluding carboxylic acids is 2. The number of carbonyl (C=O) groups is 2. The van der Waals surface area contributed by atoms with Gasteiger partial charge in [0, 0.05) is 13.0 Å². The standard InChI is InChI=1S/C21H31N3O2/c1-15(18-8-7-16-5-3-4-6-19(16)13-18)23-20(25)14-24-11-9-17(10-12-24)21(26)22-2/h7-8,13,15,17H,3-6,9-12,14H2,1-2H3,(H,22,26)(H,23,25). The van der Waals surface area contributed by atoms with E-state index in [1.807, 2.05) is 0 Å². The van der Waals surface area contributed by atoms with Crippen molar-refractivity contribution in [2.75, 3.05) is 26.7 Å². The molecular weight excluding hydrogens is 326 g/mol. The molecule has 1 aromatic carbocycles. The highest BCUT2D eigenvalue weighted by Gasteiger charge is 2.25. The van der Waals surface area contributed by atoms with E-state index >= 15 is 0 Å². The van der Waals surface area contributed by atoms with Crippen LogP contribution in [0.2, 0.25) is 0 Å². The molecule has 0 spiro atoms. The number of hydrogen-bond acceptors (Lipinski definition) is 3. The zero-order chi connectivity index (χ0) is 18.5. The zero-order valence-corrected chi connectivity index (χ0v) is 16.0. The molecule has 2 amide bonds. The minimum absolute atomic E-state index is 0.0261. The van der Waals surface area contributed by atoms with Gasteiger partial charge in [-0.2, -0.15) is 0 Å². The lowest BCUT2D eigenvalue weighted by atomic mass is 9.89. The van der Waals surface area contributed by atoms with E-state index in [-0.39, 0.29) is 23.8 Å². The topological polar surface area (TPSA) is 61.4 Å². The number of nitrogens with zero attached hydrogens (tertiary/aromatic N) is 1. The maximum atomic E-state index is 12.4. The van der Waals surface area contributed by atoms with Crippen LogP contribution in [0.3, 0.4) is 0 Å². The predicted octanol–water partition coefficient (Wildman–Crippen LogP) is 2.20. The van der Waals surface area contributed by atoms with E-state index in [1.165, 1.54) is 36.0 Å². The Kier molecular flexibility index (Phi) is 6.30. The Morgan fingerprint density at radius 1 is 1.15 bits per heavy atom. The zero-order valence-electron chi connectivity index (χ0n) is 16.0. The molecule has 142 valence electrons. The normalized spacial score (nSPS) is 19.5.